The summed E-state index contributed by atoms with van der Waals surface area (Å²) < 4.78 is 0. The summed E-state index contributed by atoms with van der Waals surface area (Å²) in [4.78, 5) is 24.0. The molecule has 1 saturated heterocycles. The van der Waals surface area contributed by atoms with Gasteiger partial charge in [0.25, 0.3) is 5.91 Å². The maximum Gasteiger partial charge on any atom is 0.325 e. The van der Waals surface area contributed by atoms with E-state index in [0.29, 0.717) is 0 Å². The second kappa shape index (κ2) is 2.95. The third-order valence-corrected chi connectivity index (χ3v) is 1.99. The zero-order chi connectivity index (χ0) is 11.1. The van der Waals surface area contributed by atoms with Gasteiger partial charge in [0.1, 0.15) is 5.54 Å². The molecule has 0 aromatic heterocycles. The van der Waals surface area contributed by atoms with E-state index in [4.69, 9.17) is 0 Å². The molecule has 5 nitrogen and oxygen atoms in total. The van der Waals surface area contributed by atoms with E-state index >= 15 is 0 Å². The minimum Gasteiger partial charge on any atom is -0.389 e. The average Bonchev–Trinajstić information content (AvgIpc) is 2.10. The molecular formula is C9H16N2O3. The average molecular weight is 200 g/mol. The van der Waals surface area contributed by atoms with E-state index in [0.717, 1.165) is 4.90 Å². The van der Waals surface area contributed by atoms with Crippen LogP contribution in [0.15, 0.2) is 0 Å². The molecule has 0 saturated carbocycles. The van der Waals surface area contributed by atoms with Crippen molar-refractivity contribution in [3.8, 4) is 0 Å². The fourth-order valence-electron chi connectivity index (χ4n) is 1.35. The van der Waals surface area contributed by atoms with E-state index < -0.39 is 17.2 Å². The number of nitrogens with one attached hydrogen (secondary N) is 1. The van der Waals surface area contributed by atoms with Crippen molar-refractivity contribution in [2.75, 3.05) is 6.54 Å². The first kappa shape index (κ1) is 11.0. The second-order valence-electron chi connectivity index (χ2n) is 4.76. The summed E-state index contributed by atoms with van der Waals surface area (Å²) in [6.45, 7) is 6.40. The summed E-state index contributed by atoms with van der Waals surface area (Å²) in [5, 5.41) is 12.1. The molecule has 14 heavy (non-hydrogen) atoms. The molecule has 1 fully saturated rings. The lowest BCUT2D eigenvalue weighted by Gasteiger charge is -2.23. The summed E-state index contributed by atoms with van der Waals surface area (Å²) in [6.07, 6.45) is 0. The number of carbonyl (C=O) groups excluding carboxylic acids is 2. The minimum absolute atomic E-state index is 0.0150. The summed E-state index contributed by atoms with van der Waals surface area (Å²) in [6, 6.07) is -0.442. The van der Waals surface area contributed by atoms with E-state index in [1.54, 1.807) is 27.7 Å². The first-order valence-electron chi connectivity index (χ1n) is 4.50. The number of rotatable bonds is 2. The molecule has 1 heterocycles. The Labute approximate surface area is 83.1 Å². The van der Waals surface area contributed by atoms with Crippen LogP contribution in [0.4, 0.5) is 4.79 Å². The van der Waals surface area contributed by atoms with Gasteiger partial charge in [-0.05, 0) is 27.7 Å². The van der Waals surface area contributed by atoms with Gasteiger partial charge in [0, 0.05) is 0 Å². The van der Waals surface area contributed by atoms with Crippen molar-refractivity contribution in [2.24, 2.45) is 0 Å². The number of carbonyl (C=O) groups is 2. The van der Waals surface area contributed by atoms with E-state index in [1.165, 1.54) is 0 Å². The maximum absolute atomic E-state index is 11.6. The summed E-state index contributed by atoms with van der Waals surface area (Å²) in [5.41, 5.74) is -1.92. The van der Waals surface area contributed by atoms with Crippen molar-refractivity contribution in [3.63, 3.8) is 0 Å². The maximum atomic E-state index is 11.6. The molecule has 0 unspecified atom stereocenters. The molecule has 0 bridgehead atoms. The van der Waals surface area contributed by atoms with Gasteiger partial charge >= 0.3 is 6.03 Å². The zero-order valence-electron chi connectivity index (χ0n) is 8.92. The summed E-state index contributed by atoms with van der Waals surface area (Å²) >= 11 is 0. The molecule has 0 aromatic carbocycles. The van der Waals surface area contributed by atoms with Crippen molar-refractivity contribution in [1.29, 1.82) is 0 Å². The topological polar surface area (TPSA) is 69.6 Å². The van der Waals surface area contributed by atoms with E-state index in [-0.39, 0.29) is 12.5 Å². The zero-order valence-corrected chi connectivity index (χ0v) is 8.92. The Balaban J connectivity index is 2.82. The molecule has 1 aliphatic heterocycles. The van der Waals surface area contributed by atoms with E-state index in [9.17, 15) is 14.7 Å². The predicted molar refractivity (Wildman–Crippen MR) is 50.6 cm³/mol. The summed E-state index contributed by atoms with van der Waals surface area (Å²) in [7, 11) is 0. The molecule has 0 radical (unpaired) electrons. The third-order valence-electron chi connectivity index (χ3n) is 1.99. The number of imide groups is 1. The number of urea groups is 1. The molecule has 3 amide bonds. The number of hydrogen-bond acceptors (Lipinski definition) is 3. The van der Waals surface area contributed by atoms with Gasteiger partial charge in [0.15, 0.2) is 0 Å². The molecule has 2 N–H and O–H groups in total. The van der Waals surface area contributed by atoms with Crippen LogP contribution >= 0.6 is 0 Å². The van der Waals surface area contributed by atoms with Crippen LogP contribution in [0.25, 0.3) is 0 Å². The lowest BCUT2D eigenvalue weighted by molar-refractivity contribution is -0.132. The lowest BCUT2D eigenvalue weighted by Crippen LogP contribution is -2.44. The molecule has 1 aliphatic rings. The molecule has 0 atom stereocenters. The number of β-amino-alcohol motifs (C(OH)–C–C–N with tert-alkyl or cyclic N) is 1. The van der Waals surface area contributed by atoms with Crippen LogP contribution in [0.2, 0.25) is 0 Å². The molecular weight excluding hydrogens is 184 g/mol. The van der Waals surface area contributed by atoms with Crippen LogP contribution in [0.5, 0.6) is 0 Å². The van der Waals surface area contributed by atoms with Crippen LogP contribution in [-0.4, -0.2) is 39.6 Å². The van der Waals surface area contributed by atoms with Crippen LogP contribution in [0.3, 0.4) is 0 Å². The van der Waals surface area contributed by atoms with Gasteiger partial charge in [-0.2, -0.15) is 0 Å². The van der Waals surface area contributed by atoms with E-state index in [1.807, 2.05) is 0 Å². The van der Waals surface area contributed by atoms with Gasteiger partial charge in [-0.1, -0.05) is 0 Å². The molecule has 0 aromatic rings. The van der Waals surface area contributed by atoms with Gasteiger partial charge in [0.05, 0.1) is 12.1 Å². The van der Waals surface area contributed by atoms with Gasteiger partial charge in [-0.25, -0.2) is 4.79 Å². The number of aliphatic hydroxyl groups is 1. The van der Waals surface area contributed by atoms with Crippen molar-refractivity contribution in [3.05, 3.63) is 0 Å². The molecule has 5 heteroatoms. The SMILES string of the molecule is CC(C)(O)CN1C(=O)NC(C)(C)C1=O. The Morgan fingerprint density at radius 1 is 1.43 bits per heavy atom. The Morgan fingerprint density at radius 3 is 2.21 bits per heavy atom. The molecule has 0 spiro atoms. The number of amides is 3. The van der Waals surface area contributed by atoms with Gasteiger partial charge in [0.2, 0.25) is 0 Å². The Bertz CT molecular complexity index is 278. The predicted octanol–water partition coefficient (Wildman–Crippen LogP) is 0.0877. The largest absolute Gasteiger partial charge is 0.389 e. The summed E-state index contributed by atoms with van der Waals surface area (Å²) in [5.74, 6) is -0.301. The lowest BCUT2D eigenvalue weighted by atomic mass is 10.1. The highest BCUT2D eigenvalue weighted by molar-refractivity contribution is 6.06. The van der Waals surface area contributed by atoms with Crippen LogP contribution in [0.1, 0.15) is 27.7 Å². The highest BCUT2D eigenvalue weighted by Crippen LogP contribution is 2.18. The molecule has 1 rings (SSSR count). The highest BCUT2D eigenvalue weighted by Gasteiger charge is 2.45. The molecule has 0 aliphatic carbocycles. The number of nitrogens with zero attached hydrogens (tertiary/aromatic N) is 1. The first-order chi connectivity index (χ1) is 6.13. The van der Waals surface area contributed by atoms with Crippen molar-refractivity contribution >= 4 is 11.9 Å². The fourth-order valence-corrected chi connectivity index (χ4v) is 1.35. The van der Waals surface area contributed by atoms with Gasteiger partial charge < -0.3 is 10.4 Å². The number of hydrogen-bond donors (Lipinski definition) is 2. The third kappa shape index (κ3) is 2.04. The highest BCUT2D eigenvalue weighted by atomic mass is 16.3. The van der Waals surface area contributed by atoms with Crippen molar-refractivity contribution in [2.45, 2.75) is 38.8 Å². The van der Waals surface area contributed by atoms with Crippen LogP contribution in [-0.2, 0) is 4.79 Å². The van der Waals surface area contributed by atoms with Crippen molar-refractivity contribution in [1.82, 2.24) is 10.2 Å². The second-order valence-corrected chi connectivity index (χ2v) is 4.76. The van der Waals surface area contributed by atoms with E-state index in [2.05, 4.69) is 5.32 Å². The quantitative estimate of drug-likeness (QED) is 0.620. The van der Waals surface area contributed by atoms with Crippen LogP contribution < -0.4 is 5.32 Å². The van der Waals surface area contributed by atoms with Gasteiger partial charge in [-0.15, -0.1) is 0 Å². The Morgan fingerprint density at radius 2 is 1.93 bits per heavy atom. The minimum atomic E-state index is -1.06. The first-order valence-corrected chi connectivity index (χ1v) is 4.50. The smallest absolute Gasteiger partial charge is 0.325 e. The normalized spacial score (nSPS) is 21.4. The molecule has 80 valence electrons. The standard InChI is InChI=1S/C9H16N2O3/c1-8(2,14)5-11-6(12)9(3,4)10-7(11)13/h14H,5H2,1-4H3,(H,10,13). The van der Waals surface area contributed by atoms with Crippen LogP contribution in [0, 0.1) is 0 Å². The Kier molecular flexibility index (Phi) is 2.31. The fraction of sp³-hybridized carbons (Fsp3) is 0.778. The van der Waals surface area contributed by atoms with Gasteiger partial charge in [-0.3, -0.25) is 9.69 Å². The van der Waals surface area contributed by atoms with Crippen molar-refractivity contribution < 1.29 is 14.7 Å². The Hall–Kier alpha value is -1.10. The monoisotopic (exact) mass is 200 g/mol.